The summed E-state index contributed by atoms with van der Waals surface area (Å²) >= 11 is 0. The maximum absolute atomic E-state index is 12.0. The fraction of sp³-hybridized carbons (Fsp3) is 0.378. The van der Waals surface area contributed by atoms with E-state index in [1.54, 1.807) is 12.4 Å². The van der Waals surface area contributed by atoms with Gasteiger partial charge >= 0.3 is 6.03 Å². The van der Waals surface area contributed by atoms with Crippen LogP contribution in [0.3, 0.4) is 0 Å². The van der Waals surface area contributed by atoms with Gasteiger partial charge in [-0.05, 0) is 40.8 Å². The molecule has 0 radical (unpaired) electrons. The largest absolute Gasteiger partial charge is 0.392 e. The number of amides is 2. The lowest BCUT2D eigenvalue weighted by atomic mass is 9.89. The summed E-state index contributed by atoms with van der Waals surface area (Å²) in [7, 11) is 0. The van der Waals surface area contributed by atoms with Gasteiger partial charge in [0.05, 0.1) is 18.8 Å². The molecule has 0 bridgehead atoms. The van der Waals surface area contributed by atoms with E-state index in [1.165, 1.54) is 0 Å². The molecule has 4 unspecified atom stereocenters. The summed E-state index contributed by atoms with van der Waals surface area (Å²) in [5, 5.41) is 15.3. The van der Waals surface area contributed by atoms with Gasteiger partial charge in [0.2, 0.25) is 5.95 Å². The number of carbonyl (C=O) groups excluding carboxylic acids is 1. The average Bonchev–Trinajstić information content (AvgIpc) is 3.13. The van der Waals surface area contributed by atoms with Crippen molar-refractivity contribution in [3.8, 4) is 11.1 Å². The van der Waals surface area contributed by atoms with Gasteiger partial charge in [0, 0.05) is 69.7 Å². The van der Waals surface area contributed by atoms with Crippen molar-refractivity contribution in [2.24, 2.45) is 5.92 Å². The Morgan fingerprint density at radius 1 is 0.872 bits per heavy atom. The topological polar surface area (TPSA) is 112 Å². The number of nitrogens with zero attached hydrogens (tertiary/aromatic N) is 4. The van der Waals surface area contributed by atoms with Crippen LogP contribution in [-0.2, 0) is 22.6 Å². The third kappa shape index (κ3) is 7.97. The molecule has 2 aliphatic heterocycles. The van der Waals surface area contributed by atoms with E-state index in [2.05, 4.69) is 79.8 Å². The molecule has 6 rings (SSSR count). The summed E-state index contributed by atoms with van der Waals surface area (Å²) in [4.78, 5) is 25.6. The second-order valence-corrected chi connectivity index (χ2v) is 12.2. The van der Waals surface area contributed by atoms with Crippen molar-refractivity contribution in [3.05, 3.63) is 114 Å². The molecule has 3 N–H and O–H groups in total. The zero-order valence-electron chi connectivity index (χ0n) is 27.1. The van der Waals surface area contributed by atoms with Gasteiger partial charge in [-0.15, -0.1) is 0 Å². The van der Waals surface area contributed by atoms with Crippen LogP contribution in [0.15, 0.2) is 91.3 Å². The minimum absolute atomic E-state index is 0.00714. The highest BCUT2D eigenvalue weighted by Gasteiger charge is 2.39. The van der Waals surface area contributed by atoms with Crippen LogP contribution in [0.4, 0.5) is 10.7 Å². The van der Waals surface area contributed by atoms with Crippen molar-refractivity contribution >= 4 is 12.0 Å². The highest BCUT2D eigenvalue weighted by Crippen LogP contribution is 2.42. The van der Waals surface area contributed by atoms with Crippen LogP contribution >= 0.6 is 0 Å². The fourth-order valence-electron chi connectivity index (χ4n) is 6.34. The van der Waals surface area contributed by atoms with E-state index >= 15 is 0 Å². The summed E-state index contributed by atoms with van der Waals surface area (Å²) in [6.45, 7) is 9.43. The van der Waals surface area contributed by atoms with Crippen LogP contribution in [0.5, 0.6) is 0 Å². The number of ether oxygens (including phenoxy) is 2. The number of carbonyl (C=O) groups is 1. The van der Waals surface area contributed by atoms with E-state index in [9.17, 15) is 9.90 Å². The monoisotopic (exact) mass is 636 g/mol. The first-order valence-corrected chi connectivity index (χ1v) is 16.5. The van der Waals surface area contributed by atoms with Crippen molar-refractivity contribution in [1.29, 1.82) is 0 Å². The number of urea groups is 1. The maximum Gasteiger partial charge on any atom is 0.315 e. The Morgan fingerprint density at radius 3 is 2.28 bits per heavy atom. The Labute approximate surface area is 276 Å². The smallest absolute Gasteiger partial charge is 0.315 e. The van der Waals surface area contributed by atoms with E-state index < -0.39 is 6.29 Å². The van der Waals surface area contributed by atoms with Gasteiger partial charge in [-0.2, -0.15) is 0 Å². The molecule has 10 nitrogen and oxygen atoms in total. The summed E-state index contributed by atoms with van der Waals surface area (Å²) in [6, 6.07) is 26.1. The number of hydrogen-bond acceptors (Lipinski definition) is 8. The van der Waals surface area contributed by atoms with E-state index in [-0.39, 0.29) is 30.8 Å². The Balaban J connectivity index is 1.19. The molecule has 0 aliphatic carbocycles. The van der Waals surface area contributed by atoms with Gasteiger partial charge in [-0.1, -0.05) is 79.7 Å². The van der Waals surface area contributed by atoms with Crippen LogP contribution in [0, 0.1) is 5.92 Å². The van der Waals surface area contributed by atoms with Crippen LogP contribution in [0.1, 0.15) is 48.5 Å². The predicted octanol–water partition coefficient (Wildman–Crippen LogP) is 5.07. The van der Waals surface area contributed by atoms with Crippen molar-refractivity contribution in [2.75, 3.05) is 44.2 Å². The molecule has 1 aromatic heterocycles. The molecule has 4 atom stereocenters. The molecule has 3 heterocycles. The molecule has 3 aromatic carbocycles. The summed E-state index contributed by atoms with van der Waals surface area (Å²) < 4.78 is 13.5. The molecule has 4 aromatic rings. The van der Waals surface area contributed by atoms with Crippen molar-refractivity contribution in [3.63, 3.8) is 0 Å². The number of rotatable bonds is 10. The number of anilines is 1. The number of piperazine rings is 1. The van der Waals surface area contributed by atoms with Gasteiger partial charge in [0.25, 0.3) is 0 Å². The summed E-state index contributed by atoms with van der Waals surface area (Å²) in [6.07, 6.45) is 2.80. The second-order valence-electron chi connectivity index (χ2n) is 12.2. The molecule has 47 heavy (non-hydrogen) atoms. The Hall–Kier alpha value is -4.35. The third-order valence-electron chi connectivity index (χ3n) is 9.06. The molecule has 2 aliphatic rings. The molecule has 2 saturated heterocycles. The summed E-state index contributed by atoms with van der Waals surface area (Å²) in [5.41, 5.74) is 6.06. The van der Waals surface area contributed by atoms with E-state index in [0.717, 1.165) is 72.1 Å². The lowest BCUT2D eigenvalue weighted by molar-refractivity contribution is -0.276. The van der Waals surface area contributed by atoms with Gasteiger partial charge < -0.3 is 30.1 Å². The number of nitrogens with one attached hydrogen (secondary N) is 2. The second kappa shape index (κ2) is 15.5. The first-order chi connectivity index (χ1) is 23.0. The molecule has 246 valence electrons. The van der Waals surface area contributed by atoms with Crippen LogP contribution < -0.4 is 15.5 Å². The highest BCUT2D eigenvalue weighted by atomic mass is 16.7. The minimum Gasteiger partial charge on any atom is -0.392 e. The normalized spacial score (nSPS) is 21.7. The van der Waals surface area contributed by atoms with Gasteiger partial charge in [-0.25, -0.2) is 14.8 Å². The quantitative estimate of drug-likeness (QED) is 0.221. The van der Waals surface area contributed by atoms with E-state index in [0.29, 0.717) is 13.1 Å². The number of hydrogen-bond donors (Lipinski definition) is 3. The standard InChI is InChI=1S/C37H44N6O4/c1-3-38-37(45)41-23-31-7-4-5-8-32(31)28-13-15-30(16-14-28)35-46-33(26(2)34(47-35)29-11-9-27(25-44)10-12-29)24-42-19-21-43(22-20-42)36-39-17-6-18-40-36/h4-18,26,33-35,44H,3,19-25H2,1-2H3,(H2,38,41,45). The SMILES string of the molecule is CCNC(=O)NCc1ccccc1-c1ccc(C2OC(CN3CCN(c4ncccn4)CC3)C(C)C(c3ccc(CO)cc3)O2)cc1. The van der Waals surface area contributed by atoms with Gasteiger partial charge in [0.15, 0.2) is 6.29 Å². The predicted molar refractivity (Wildman–Crippen MR) is 181 cm³/mol. The van der Waals surface area contributed by atoms with E-state index in [1.807, 2.05) is 43.3 Å². The molecule has 2 amide bonds. The van der Waals surface area contributed by atoms with Crippen LogP contribution in [0.2, 0.25) is 0 Å². The number of aliphatic hydroxyl groups excluding tert-OH is 1. The Morgan fingerprint density at radius 2 is 1.57 bits per heavy atom. The van der Waals surface area contributed by atoms with Gasteiger partial charge in [0.1, 0.15) is 0 Å². The molecule has 0 saturated carbocycles. The highest BCUT2D eigenvalue weighted by molar-refractivity contribution is 5.74. The molecule has 10 heteroatoms. The molecular weight excluding hydrogens is 592 g/mol. The maximum atomic E-state index is 12.0. The average molecular weight is 637 g/mol. The number of benzene rings is 3. The molecule has 2 fully saturated rings. The van der Waals surface area contributed by atoms with Crippen molar-refractivity contribution in [2.45, 2.75) is 45.5 Å². The van der Waals surface area contributed by atoms with Crippen LogP contribution in [0.25, 0.3) is 11.1 Å². The minimum atomic E-state index is -0.540. The first-order valence-electron chi connectivity index (χ1n) is 16.5. The number of aromatic nitrogens is 2. The Kier molecular flexibility index (Phi) is 10.7. The lowest BCUT2D eigenvalue weighted by Crippen LogP contribution is -2.51. The lowest BCUT2D eigenvalue weighted by Gasteiger charge is -2.44. The fourth-order valence-corrected chi connectivity index (χ4v) is 6.34. The number of aliphatic hydroxyl groups is 1. The Bertz CT molecular complexity index is 1580. The van der Waals surface area contributed by atoms with Crippen molar-refractivity contribution in [1.82, 2.24) is 25.5 Å². The van der Waals surface area contributed by atoms with Gasteiger partial charge in [-0.3, -0.25) is 4.90 Å². The van der Waals surface area contributed by atoms with Crippen molar-refractivity contribution < 1.29 is 19.4 Å². The van der Waals surface area contributed by atoms with Crippen LogP contribution in [-0.4, -0.2) is 71.4 Å². The van der Waals surface area contributed by atoms with E-state index in [4.69, 9.17) is 9.47 Å². The zero-order chi connectivity index (χ0) is 32.6. The zero-order valence-corrected chi connectivity index (χ0v) is 27.1. The first kappa shape index (κ1) is 32.6. The molecular formula is C37H44N6O4. The summed E-state index contributed by atoms with van der Waals surface area (Å²) in [5.74, 6) is 0.879. The molecule has 0 spiro atoms. The third-order valence-corrected chi connectivity index (χ3v) is 9.06.